The third kappa shape index (κ3) is 2.77. The predicted octanol–water partition coefficient (Wildman–Crippen LogP) is 1.54. The first-order valence-electron chi connectivity index (χ1n) is 7.54. The summed E-state index contributed by atoms with van der Waals surface area (Å²) in [5, 5.41) is 3.45. The lowest BCUT2D eigenvalue weighted by Gasteiger charge is -2.13. The lowest BCUT2D eigenvalue weighted by Crippen LogP contribution is -2.27. The summed E-state index contributed by atoms with van der Waals surface area (Å²) in [6.07, 6.45) is 6.22. The molecule has 20 heavy (non-hydrogen) atoms. The lowest BCUT2D eigenvalue weighted by atomic mass is 10.4. The molecule has 1 N–H and O–H groups in total. The van der Waals surface area contributed by atoms with E-state index in [4.69, 9.17) is 0 Å². The number of aryl methyl sites for hydroxylation is 1. The highest BCUT2D eigenvalue weighted by Crippen LogP contribution is 2.24. The molecule has 0 aromatic carbocycles. The second kappa shape index (κ2) is 5.50. The maximum absolute atomic E-state index is 12.6. The first-order chi connectivity index (χ1) is 9.61. The molecule has 1 aromatic heterocycles. The van der Waals surface area contributed by atoms with Crippen molar-refractivity contribution in [2.45, 2.75) is 56.6 Å². The van der Waals surface area contributed by atoms with Gasteiger partial charge in [-0.25, -0.2) is 8.42 Å². The van der Waals surface area contributed by atoms with Crippen molar-refractivity contribution in [1.29, 1.82) is 0 Å². The van der Waals surface area contributed by atoms with Gasteiger partial charge < -0.3 is 9.88 Å². The van der Waals surface area contributed by atoms with Crippen LogP contribution in [0.5, 0.6) is 0 Å². The Labute approximate surface area is 121 Å². The van der Waals surface area contributed by atoms with Gasteiger partial charge in [0, 0.05) is 44.1 Å². The van der Waals surface area contributed by atoms with E-state index in [2.05, 4.69) is 5.32 Å². The van der Waals surface area contributed by atoms with Crippen LogP contribution in [0.1, 0.15) is 38.3 Å². The molecule has 2 heterocycles. The average Bonchev–Trinajstić information content (AvgIpc) is 2.96. The minimum atomic E-state index is -3.29. The minimum Gasteiger partial charge on any atom is -0.349 e. The molecular weight excluding hydrogens is 274 g/mol. The first kappa shape index (κ1) is 14.1. The van der Waals surface area contributed by atoms with Crippen LogP contribution in [0.3, 0.4) is 0 Å². The zero-order chi connectivity index (χ0) is 14.2. The summed E-state index contributed by atoms with van der Waals surface area (Å²) in [5.41, 5.74) is 1.07. The zero-order valence-electron chi connectivity index (χ0n) is 12.0. The van der Waals surface area contributed by atoms with Gasteiger partial charge >= 0.3 is 0 Å². The summed E-state index contributed by atoms with van der Waals surface area (Å²) in [5.74, 6) is 0. The van der Waals surface area contributed by atoms with Crippen molar-refractivity contribution in [3.63, 3.8) is 0 Å². The van der Waals surface area contributed by atoms with E-state index in [0.29, 0.717) is 24.0 Å². The van der Waals surface area contributed by atoms with Gasteiger partial charge in [-0.05, 0) is 38.7 Å². The Kier molecular flexibility index (Phi) is 3.88. The molecule has 0 amide bonds. The van der Waals surface area contributed by atoms with Gasteiger partial charge in [-0.15, -0.1) is 0 Å². The molecule has 1 aliphatic heterocycles. The Hall–Kier alpha value is -0.850. The molecule has 2 fully saturated rings. The molecule has 0 spiro atoms. The fourth-order valence-corrected chi connectivity index (χ4v) is 4.31. The van der Waals surface area contributed by atoms with Gasteiger partial charge in [-0.1, -0.05) is 0 Å². The SMILES string of the molecule is CCn1cc(S(=O)(=O)N2CCCC2)cc1CNC1CC1. The third-order valence-corrected chi connectivity index (χ3v) is 6.02. The van der Waals surface area contributed by atoms with E-state index in [1.54, 1.807) is 10.5 Å². The third-order valence-electron chi connectivity index (χ3n) is 4.15. The molecule has 0 atom stereocenters. The van der Waals surface area contributed by atoms with Crippen LogP contribution < -0.4 is 5.32 Å². The molecule has 1 aromatic rings. The van der Waals surface area contributed by atoms with E-state index in [1.807, 2.05) is 17.6 Å². The van der Waals surface area contributed by atoms with Crippen LogP contribution in [-0.2, 0) is 23.1 Å². The van der Waals surface area contributed by atoms with Crippen molar-refractivity contribution in [1.82, 2.24) is 14.2 Å². The fourth-order valence-electron chi connectivity index (χ4n) is 2.72. The largest absolute Gasteiger partial charge is 0.349 e. The highest BCUT2D eigenvalue weighted by molar-refractivity contribution is 7.89. The van der Waals surface area contributed by atoms with Crippen LogP contribution in [0.2, 0.25) is 0 Å². The number of nitrogens with zero attached hydrogens (tertiary/aromatic N) is 2. The van der Waals surface area contributed by atoms with Crippen molar-refractivity contribution in [2.24, 2.45) is 0 Å². The van der Waals surface area contributed by atoms with Crippen molar-refractivity contribution >= 4 is 10.0 Å². The van der Waals surface area contributed by atoms with Gasteiger partial charge in [0.05, 0.1) is 0 Å². The van der Waals surface area contributed by atoms with Crippen LogP contribution >= 0.6 is 0 Å². The number of hydrogen-bond donors (Lipinski definition) is 1. The maximum Gasteiger partial charge on any atom is 0.244 e. The molecule has 0 radical (unpaired) electrons. The second-order valence-electron chi connectivity index (χ2n) is 5.72. The highest BCUT2D eigenvalue weighted by atomic mass is 32.2. The van der Waals surface area contributed by atoms with Crippen LogP contribution in [0.25, 0.3) is 0 Å². The van der Waals surface area contributed by atoms with E-state index in [9.17, 15) is 8.42 Å². The summed E-state index contributed by atoms with van der Waals surface area (Å²) in [7, 11) is -3.29. The average molecular weight is 297 g/mol. The fraction of sp³-hybridized carbons (Fsp3) is 0.714. The molecular formula is C14H23N3O2S. The van der Waals surface area contributed by atoms with Crippen LogP contribution in [0, 0.1) is 0 Å². The number of hydrogen-bond acceptors (Lipinski definition) is 3. The normalized spacial score (nSPS) is 20.6. The topological polar surface area (TPSA) is 54.3 Å². The van der Waals surface area contributed by atoms with Crippen LogP contribution in [0.15, 0.2) is 17.2 Å². The van der Waals surface area contributed by atoms with Gasteiger partial charge in [0.25, 0.3) is 0 Å². The van der Waals surface area contributed by atoms with E-state index in [1.165, 1.54) is 12.8 Å². The minimum absolute atomic E-state index is 0.453. The van der Waals surface area contributed by atoms with Gasteiger partial charge in [0.1, 0.15) is 4.90 Å². The standard InChI is InChI=1S/C14H23N3O2S/c1-2-16-11-14(9-13(16)10-15-12-5-6-12)20(18,19)17-7-3-4-8-17/h9,11-12,15H,2-8,10H2,1H3. The Balaban J connectivity index is 1.81. The Morgan fingerprint density at radius 3 is 2.60 bits per heavy atom. The highest BCUT2D eigenvalue weighted by Gasteiger charge is 2.29. The smallest absolute Gasteiger partial charge is 0.244 e. The number of sulfonamides is 1. The molecule has 1 saturated carbocycles. The molecule has 3 rings (SSSR count). The van der Waals surface area contributed by atoms with Crippen LogP contribution in [0.4, 0.5) is 0 Å². The van der Waals surface area contributed by atoms with E-state index >= 15 is 0 Å². The zero-order valence-corrected chi connectivity index (χ0v) is 12.8. The summed E-state index contributed by atoms with van der Waals surface area (Å²) in [4.78, 5) is 0.453. The van der Waals surface area contributed by atoms with Gasteiger partial charge in [0.15, 0.2) is 0 Å². The number of rotatable bonds is 6. The van der Waals surface area contributed by atoms with Gasteiger partial charge in [-0.2, -0.15) is 4.31 Å². The Bertz CT molecular complexity index is 569. The first-order valence-corrected chi connectivity index (χ1v) is 8.98. The molecule has 5 nitrogen and oxygen atoms in total. The van der Waals surface area contributed by atoms with Gasteiger partial charge in [-0.3, -0.25) is 0 Å². The monoisotopic (exact) mass is 297 g/mol. The summed E-state index contributed by atoms with van der Waals surface area (Å²) in [6, 6.07) is 2.47. The van der Waals surface area contributed by atoms with Crippen molar-refractivity contribution in [3.8, 4) is 0 Å². The molecule has 0 unspecified atom stereocenters. The molecule has 1 saturated heterocycles. The number of aromatic nitrogens is 1. The van der Waals surface area contributed by atoms with Crippen molar-refractivity contribution in [3.05, 3.63) is 18.0 Å². The van der Waals surface area contributed by atoms with Crippen molar-refractivity contribution < 1.29 is 8.42 Å². The molecule has 6 heteroatoms. The van der Waals surface area contributed by atoms with E-state index < -0.39 is 10.0 Å². The van der Waals surface area contributed by atoms with Gasteiger partial charge in [0.2, 0.25) is 10.0 Å². The summed E-state index contributed by atoms with van der Waals surface area (Å²) >= 11 is 0. The lowest BCUT2D eigenvalue weighted by molar-refractivity contribution is 0.477. The molecule has 2 aliphatic rings. The van der Waals surface area contributed by atoms with Crippen molar-refractivity contribution in [2.75, 3.05) is 13.1 Å². The quantitative estimate of drug-likeness (QED) is 0.866. The van der Waals surface area contributed by atoms with Crippen LogP contribution in [-0.4, -0.2) is 36.4 Å². The van der Waals surface area contributed by atoms with E-state index in [0.717, 1.165) is 31.6 Å². The summed E-state index contributed by atoms with van der Waals surface area (Å²) < 4.78 is 28.8. The Morgan fingerprint density at radius 1 is 1.30 bits per heavy atom. The second-order valence-corrected chi connectivity index (χ2v) is 7.66. The number of nitrogens with one attached hydrogen (secondary N) is 1. The van der Waals surface area contributed by atoms with E-state index in [-0.39, 0.29) is 0 Å². The summed E-state index contributed by atoms with van der Waals surface area (Å²) in [6.45, 7) is 4.93. The molecule has 0 bridgehead atoms. The molecule has 1 aliphatic carbocycles. The predicted molar refractivity (Wildman–Crippen MR) is 78.0 cm³/mol. The maximum atomic E-state index is 12.6. The molecule has 112 valence electrons. The Morgan fingerprint density at radius 2 is 2.00 bits per heavy atom.